The van der Waals surface area contributed by atoms with Gasteiger partial charge in [-0.25, -0.2) is 4.68 Å². The summed E-state index contributed by atoms with van der Waals surface area (Å²) in [4.78, 5) is 27.5. The second-order valence-corrected chi connectivity index (χ2v) is 7.27. The number of fused-ring (bicyclic) bond motifs is 1. The molecule has 0 saturated heterocycles. The van der Waals surface area contributed by atoms with Crippen LogP contribution in [0.2, 0.25) is 0 Å². The van der Waals surface area contributed by atoms with Crippen LogP contribution in [0.4, 0.5) is 5.69 Å². The summed E-state index contributed by atoms with van der Waals surface area (Å²) in [6, 6.07) is 18.3. The molecule has 4 rings (SSSR count). The third kappa shape index (κ3) is 3.36. The van der Waals surface area contributed by atoms with Crippen molar-refractivity contribution in [1.29, 1.82) is 0 Å². The van der Waals surface area contributed by atoms with Crippen LogP contribution in [0.15, 0.2) is 65.5 Å². The molecule has 1 aromatic heterocycles. The average Bonchev–Trinajstić information content (AvgIpc) is 2.73. The minimum Gasteiger partial charge on any atom is -0.310 e. The van der Waals surface area contributed by atoms with Gasteiger partial charge >= 0.3 is 0 Å². The Kier molecular flexibility index (Phi) is 4.82. The van der Waals surface area contributed by atoms with Crippen LogP contribution in [0.1, 0.15) is 30.5 Å². The summed E-state index contributed by atoms with van der Waals surface area (Å²) >= 11 is 0. The standard InChI is InChI=1S/C23H23N3O2/c1-16-10-12-21-19(15-16)9-6-14-25(21)23(28)17(2)26-22(27)13-11-20(24-26)18-7-4-3-5-8-18/h3-5,7-8,10-13,15,17H,6,9,14H2,1-2H3. The minimum absolute atomic E-state index is 0.107. The number of amides is 1. The maximum atomic E-state index is 13.3. The normalized spacial score (nSPS) is 14.4. The average molecular weight is 373 g/mol. The van der Waals surface area contributed by atoms with Gasteiger partial charge in [-0.3, -0.25) is 9.59 Å². The van der Waals surface area contributed by atoms with E-state index in [2.05, 4.69) is 18.1 Å². The molecule has 0 bridgehead atoms. The quantitative estimate of drug-likeness (QED) is 0.702. The molecule has 28 heavy (non-hydrogen) atoms. The van der Waals surface area contributed by atoms with Gasteiger partial charge in [-0.05, 0) is 44.4 Å². The van der Waals surface area contributed by atoms with E-state index in [4.69, 9.17) is 0 Å². The molecule has 2 heterocycles. The summed E-state index contributed by atoms with van der Waals surface area (Å²) in [5.41, 5.74) is 4.63. The summed E-state index contributed by atoms with van der Waals surface area (Å²) in [6.45, 7) is 4.46. The summed E-state index contributed by atoms with van der Waals surface area (Å²) in [7, 11) is 0. The number of carbonyl (C=O) groups is 1. The van der Waals surface area contributed by atoms with E-state index in [1.165, 1.54) is 21.9 Å². The highest BCUT2D eigenvalue weighted by Gasteiger charge is 2.28. The second kappa shape index (κ2) is 7.43. The zero-order valence-electron chi connectivity index (χ0n) is 16.1. The maximum absolute atomic E-state index is 13.3. The monoisotopic (exact) mass is 373 g/mol. The van der Waals surface area contributed by atoms with Gasteiger partial charge in [-0.1, -0.05) is 48.0 Å². The molecule has 0 saturated carbocycles. The molecule has 1 atom stereocenters. The molecule has 0 fully saturated rings. The molecule has 0 radical (unpaired) electrons. The zero-order valence-corrected chi connectivity index (χ0v) is 16.1. The van der Waals surface area contributed by atoms with E-state index in [0.717, 1.165) is 24.1 Å². The highest BCUT2D eigenvalue weighted by molar-refractivity contribution is 5.97. The fourth-order valence-electron chi connectivity index (χ4n) is 3.75. The minimum atomic E-state index is -0.677. The molecule has 5 nitrogen and oxygen atoms in total. The van der Waals surface area contributed by atoms with E-state index in [0.29, 0.717) is 12.2 Å². The van der Waals surface area contributed by atoms with Gasteiger partial charge in [-0.2, -0.15) is 5.10 Å². The van der Waals surface area contributed by atoms with Crippen LogP contribution < -0.4 is 10.5 Å². The number of hydrogen-bond acceptors (Lipinski definition) is 3. The van der Waals surface area contributed by atoms with Crippen molar-refractivity contribution in [2.24, 2.45) is 0 Å². The Morgan fingerprint density at radius 2 is 1.86 bits per heavy atom. The lowest BCUT2D eigenvalue weighted by Crippen LogP contribution is -2.42. The smallest absolute Gasteiger partial charge is 0.267 e. The molecule has 0 spiro atoms. The van der Waals surface area contributed by atoms with Crippen molar-refractivity contribution in [1.82, 2.24) is 9.78 Å². The Bertz CT molecular complexity index is 1070. The molecule has 1 unspecified atom stereocenters. The number of hydrogen-bond donors (Lipinski definition) is 0. The van der Waals surface area contributed by atoms with Crippen LogP contribution in [0.3, 0.4) is 0 Å². The lowest BCUT2D eigenvalue weighted by Gasteiger charge is -2.32. The van der Waals surface area contributed by atoms with Crippen LogP contribution in [-0.2, 0) is 11.2 Å². The van der Waals surface area contributed by atoms with Gasteiger partial charge in [0, 0.05) is 23.9 Å². The van der Waals surface area contributed by atoms with Gasteiger partial charge in [0.05, 0.1) is 5.69 Å². The molecule has 0 N–H and O–H groups in total. The van der Waals surface area contributed by atoms with Gasteiger partial charge in [-0.15, -0.1) is 0 Å². The highest BCUT2D eigenvalue weighted by Crippen LogP contribution is 2.29. The van der Waals surface area contributed by atoms with E-state index < -0.39 is 6.04 Å². The van der Waals surface area contributed by atoms with Crippen LogP contribution in [0, 0.1) is 6.92 Å². The number of nitrogens with zero attached hydrogens (tertiary/aromatic N) is 3. The number of aromatic nitrogens is 2. The predicted octanol–water partition coefficient (Wildman–Crippen LogP) is 3.76. The first-order valence-electron chi connectivity index (χ1n) is 9.61. The fraction of sp³-hybridized carbons (Fsp3) is 0.261. The van der Waals surface area contributed by atoms with Crippen LogP contribution in [0.5, 0.6) is 0 Å². The van der Waals surface area contributed by atoms with E-state index in [1.807, 2.05) is 42.5 Å². The van der Waals surface area contributed by atoms with Crippen molar-refractivity contribution in [2.45, 2.75) is 32.7 Å². The van der Waals surface area contributed by atoms with Crippen molar-refractivity contribution in [3.8, 4) is 11.3 Å². The molecular weight excluding hydrogens is 350 g/mol. The van der Waals surface area contributed by atoms with Crippen molar-refractivity contribution in [2.75, 3.05) is 11.4 Å². The Hall–Kier alpha value is -3.21. The first kappa shape index (κ1) is 18.2. The predicted molar refractivity (Wildman–Crippen MR) is 110 cm³/mol. The summed E-state index contributed by atoms with van der Waals surface area (Å²) < 4.78 is 1.30. The van der Waals surface area contributed by atoms with E-state index in [9.17, 15) is 9.59 Å². The fourth-order valence-corrected chi connectivity index (χ4v) is 3.75. The Morgan fingerprint density at radius 3 is 2.64 bits per heavy atom. The van der Waals surface area contributed by atoms with Gasteiger partial charge in [0.15, 0.2) is 0 Å². The Morgan fingerprint density at radius 1 is 1.07 bits per heavy atom. The van der Waals surface area contributed by atoms with E-state index in [-0.39, 0.29) is 11.5 Å². The van der Waals surface area contributed by atoms with Crippen LogP contribution in [-0.4, -0.2) is 22.2 Å². The number of aryl methyl sites for hydroxylation is 2. The highest BCUT2D eigenvalue weighted by atomic mass is 16.2. The van der Waals surface area contributed by atoms with E-state index >= 15 is 0 Å². The van der Waals surface area contributed by atoms with E-state index in [1.54, 1.807) is 17.9 Å². The molecule has 1 amide bonds. The number of benzene rings is 2. The van der Waals surface area contributed by atoms with Crippen LogP contribution >= 0.6 is 0 Å². The van der Waals surface area contributed by atoms with Gasteiger partial charge < -0.3 is 4.90 Å². The molecular formula is C23H23N3O2. The van der Waals surface area contributed by atoms with Gasteiger partial charge in [0.1, 0.15) is 6.04 Å². The van der Waals surface area contributed by atoms with Gasteiger partial charge in [0.25, 0.3) is 11.5 Å². The molecule has 5 heteroatoms. The SMILES string of the molecule is Cc1ccc2c(c1)CCCN2C(=O)C(C)n1nc(-c2ccccc2)ccc1=O. The molecule has 0 aliphatic carbocycles. The lowest BCUT2D eigenvalue weighted by molar-refractivity contribution is -0.121. The zero-order chi connectivity index (χ0) is 19.7. The second-order valence-electron chi connectivity index (χ2n) is 7.27. The molecule has 1 aliphatic rings. The lowest BCUT2D eigenvalue weighted by atomic mass is 9.99. The number of rotatable bonds is 3. The molecule has 3 aromatic rings. The van der Waals surface area contributed by atoms with Crippen molar-refractivity contribution >= 4 is 11.6 Å². The van der Waals surface area contributed by atoms with Crippen molar-refractivity contribution < 1.29 is 4.79 Å². The summed E-state index contributed by atoms with van der Waals surface area (Å²) in [6.07, 6.45) is 1.89. The molecule has 1 aliphatic heterocycles. The Balaban J connectivity index is 1.68. The molecule has 142 valence electrons. The van der Waals surface area contributed by atoms with Crippen LogP contribution in [0.25, 0.3) is 11.3 Å². The molecule has 2 aromatic carbocycles. The first-order valence-corrected chi connectivity index (χ1v) is 9.61. The third-order valence-electron chi connectivity index (χ3n) is 5.24. The van der Waals surface area contributed by atoms with Crippen molar-refractivity contribution in [3.05, 3.63) is 82.1 Å². The number of anilines is 1. The Labute approximate surface area is 164 Å². The summed E-state index contributed by atoms with van der Waals surface area (Å²) in [5, 5.41) is 4.49. The third-order valence-corrected chi connectivity index (χ3v) is 5.24. The summed E-state index contributed by atoms with van der Waals surface area (Å²) in [5.74, 6) is -0.107. The first-order chi connectivity index (χ1) is 13.5. The number of carbonyl (C=O) groups excluding carboxylic acids is 1. The van der Waals surface area contributed by atoms with Gasteiger partial charge in [0.2, 0.25) is 0 Å². The largest absolute Gasteiger partial charge is 0.310 e. The maximum Gasteiger partial charge on any atom is 0.267 e. The van der Waals surface area contributed by atoms with Crippen molar-refractivity contribution in [3.63, 3.8) is 0 Å². The topological polar surface area (TPSA) is 55.2 Å².